The normalized spacial score (nSPS) is 23.3. The number of nitrogens with one attached hydrogen (secondary N) is 3. The van der Waals surface area contributed by atoms with Crippen molar-refractivity contribution in [3.05, 3.63) is 47.8 Å². The molecule has 10 heteroatoms. The maximum absolute atomic E-state index is 12.6. The SMILES string of the molecule is CNC(=O)c1cnc(-c2ccc3cc(C#N)cnn23)cc1NC12CCC(NC(=O)O)(CC1)CC2. The standard InChI is InChI=1S/C24H25N7O3/c1-26-21(32)17-14-27-19(20-3-2-16-10-15(12-25)13-28-31(16)20)11-18(17)29-23-4-7-24(8-5-23,9-6-23)30-22(33)34/h2-3,10-11,13-14,30H,4-9H2,1H3,(H,26,32)(H,27,29)(H,33,34). The topological polar surface area (TPSA) is 144 Å². The Balaban J connectivity index is 1.49. The van der Waals surface area contributed by atoms with Gasteiger partial charge in [-0.3, -0.25) is 9.78 Å². The number of amides is 2. The van der Waals surface area contributed by atoms with Gasteiger partial charge < -0.3 is 21.1 Å². The third-order valence-electron chi connectivity index (χ3n) is 7.29. The number of nitriles is 1. The molecule has 0 aromatic carbocycles. The average molecular weight is 460 g/mol. The summed E-state index contributed by atoms with van der Waals surface area (Å²) in [7, 11) is 1.59. The van der Waals surface area contributed by atoms with Crippen molar-refractivity contribution in [1.29, 1.82) is 5.26 Å². The van der Waals surface area contributed by atoms with Crippen molar-refractivity contribution < 1.29 is 14.7 Å². The highest BCUT2D eigenvalue weighted by Crippen LogP contribution is 2.48. The number of anilines is 1. The summed E-state index contributed by atoms with van der Waals surface area (Å²) in [5.74, 6) is -0.233. The number of carboxylic acid groups (broad SMARTS) is 1. The predicted octanol–water partition coefficient (Wildman–Crippen LogP) is 3.15. The number of pyridine rings is 1. The molecule has 174 valence electrons. The first-order valence-electron chi connectivity index (χ1n) is 11.3. The van der Waals surface area contributed by atoms with E-state index in [9.17, 15) is 14.7 Å². The van der Waals surface area contributed by atoms with E-state index in [1.165, 1.54) is 6.20 Å². The maximum atomic E-state index is 12.6. The van der Waals surface area contributed by atoms with Gasteiger partial charge >= 0.3 is 6.09 Å². The Hall–Kier alpha value is -4.13. The molecule has 3 aromatic rings. The van der Waals surface area contributed by atoms with Gasteiger partial charge in [0.2, 0.25) is 0 Å². The Kier molecular flexibility index (Phi) is 5.12. The van der Waals surface area contributed by atoms with Gasteiger partial charge in [0.05, 0.1) is 39.9 Å². The first-order valence-corrected chi connectivity index (χ1v) is 11.3. The fourth-order valence-electron chi connectivity index (χ4n) is 5.34. The number of nitrogens with zero attached hydrogens (tertiary/aromatic N) is 4. The second-order valence-corrected chi connectivity index (χ2v) is 9.22. The molecule has 0 aliphatic heterocycles. The Bertz CT molecular complexity index is 1320. The summed E-state index contributed by atoms with van der Waals surface area (Å²) in [4.78, 5) is 28.4. The highest BCUT2D eigenvalue weighted by molar-refractivity contribution is 5.99. The Morgan fingerprint density at radius 1 is 1.09 bits per heavy atom. The summed E-state index contributed by atoms with van der Waals surface area (Å²) in [5.41, 5.74) is 3.25. The van der Waals surface area contributed by atoms with Crippen LogP contribution in [-0.4, -0.2) is 49.8 Å². The number of carbonyl (C=O) groups excluding carboxylic acids is 1. The minimum atomic E-state index is -0.974. The third-order valence-corrected chi connectivity index (χ3v) is 7.29. The van der Waals surface area contributed by atoms with E-state index in [1.807, 2.05) is 18.2 Å². The van der Waals surface area contributed by atoms with Crippen molar-refractivity contribution >= 4 is 23.2 Å². The van der Waals surface area contributed by atoms with Crippen LogP contribution in [0.2, 0.25) is 0 Å². The summed E-state index contributed by atoms with van der Waals surface area (Å²) in [5, 5.41) is 31.8. The van der Waals surface area contributed by atoms with Gasteiger partial charge in [-0.25, -0.2) is 9.31 Å². The minimum Gasteiger partial charge on any atom is -0.465 e. The number of fused-ring (bicyclic) bond motifs is 4. The number of hydrogen-bond donors (Lipinski definition) is 4. The van der Waals surface area contributed by atoms with Gasteiger partial charge in [0.1, 0.15) is 6.07 Å². The van der Waals surface area contributed by atoms with Crippen LogP contribution in [-0.2, 0) is 0 Å². The van der Waals surface area contributed by atoms with Crippen molar-refractivity contribution in [2.75, 3.05) is 12.4 Å². The zero-order valence-electron chi connectivity index (χ0n) is 18.8. The predicted molar refractivity (Wildman–Crippen MR) is 124 cm³/mol. The lowest BCUT2D eigenvalue weighted by Gasteiger charge is -2.54. The average Bonchev–Trinajstić information content (AvgIpc) is 3.27. The maximum Gasteiger partial charge on any atom is 0.405 e. The van der Waals surface area contributed by atoms with Gasteiger partial charge in [-0.2, -0.15) is 10.4 Å². The zero-order valence-corrected chi connectivity index (χ0v) is 18.8. The van der Waals surface area contributed by atoms with E-state index in [-0.39, 0.29) is 17.0 Å². The Labute approximate surface area is 196 Å². The van der Waals surface area contributed by atoms with Crippen molar-refractivity contribution in [3.63, 3.8) is 0 Å². The lowest BCUT2D eigenvalue weighted by molar-refractivity contribution is 0.0884. The van der Waals surface area contributed by atoms with Crippen LogP contribution >= 0.6 is 0 Å². The molecule has 0 radical (unpaired) electrons. The number of rotatable bonds is 5. The summed E-state index contributed by atoms with van der Waals surface area (Å²) in [6, 6.07) is 9.49. The quantitative estimate of drug-likeness (QED) is 0.459. The molecule has 3 aromatic heterocycles. The van der Waals surface area contributed by atoms with Crippen LogP contribution in [0, 0.1) is 11.3 Å². The number of carbonyl (C=O) groups is 2. The molecular weight excluding hydrogens is 434 g/mol. The smallest absolute Gasteiger partial charge is 0.405 e. The molecule has 0 spiro atoms. The van der Waals surface area contributed by atoms with Crippen LogP contribution in [0.1, 0.15) is 54.4 Å². The van der Waals surface area contributed by atoms with Crippen LogP contribution in [0.15, 0.2) is 36.7 Å². The van der Waals surface area contributed by atoms with Gasteiger partial charge in [0.15, 0.2) is 0 Å². The van der Waals surface area contributed by atoms with Crippen LogP contribution in [0.3, 0.4) is 0 Å². The number of hydrogen-bond acceptors (Lipinski definition) is 6. The van der Waals surface area contributed by atoms with Crippen LogP contribution < -0.4 is 16.0 Å². The second-order valence-electron chi connectivity index (χ2n) is 9.22. The van der Waals surface area contributed by atoms with Gasteiger partial charge in [0, 0.05) is 24.3 Å². The van der Waals surface area contributed by atoms with E-state index in [2.05, 4.69) is 32.1 Å². The lowest BCUT2D eigenvalue weighted by atomic mass is 9.61. The zero-order chi connectivity index (χ0) is 23.9. The van der Waals surface area contributed by atoms with E-state index >= 15 is 0 Å². The highest BCUT2D eigenvalue weighted by atomic mass is 16.4. The second kappa shape index (κ2) is 8.02. The molecule has 6 rings (SSSR count). The van der Waals surface area contributed by atoms with E-state index in [0.29, 0.717) is 22.5 Å². The van der Waals surface area contributed by atoms with E-state index in [1.54, 1.807) is 23.8 Å². The molecule has 0 atom stereocenters. The van der Waals surface area contributed by atoms with Crippen molar-refractivity contribution in [2.45, 2.75) is 49.6 Å². The van der Waals surface area contributed by atoms with E-state index in [4.69, 9.17) is 5.26 Å². The molecule has 2 bridgehead atoms. The van der Waals surface area contributed by atoms with E-state index < -0.39 is 6.09 Å². The summed E-state index contributed by atoms with van der Waals surface area (Å²) in [6.45, 7) is 0. The molecule has 3 saturated carbocycles. The molecular formula is C24H25N7O3. The molecule has 10 nitrogen and oxygen atoms in total. The fourth-order valence-corrected chi connectivity index (χ4v) is 5.34. The van der Waals surface area contributed by atoms with Crippen molar-refractivity contribution in [3.8, 4) is 17.5 Å². The molecule has 3 fully saturated rings. The van der Waals surface area contributed by atoms with Crippen molar-refractivity contribution in [2.24, 2.45) is 0 Å². The number of aromatic nitrogens is 3. The Morgan fingerprint density at radius 3 is 2.44 bits per heavy atom. The minimum absolute atomic E-state index is 0.204. The van der Waals surface area contributed by atoms with Gasteiger partial charge in [-0.15, -0.1) is 0 Å². The molecule has 2 amide bonds. The molecule has 3 aliphatic carbocycles. The Morgan fingerprint density at radius 2 is 1.79 bits per heavy atom. The summed E-state index contributed by atoms with van der Waals surface area (Å²) in [6.07, 6.45) is 6.81. The van der Waals surface area contributed by atoms with Gasteiger partial charge in [-0.05, 0) is 62.8 Å². The van der Waals surface area contributed by atoms with Gasteiger partial charge in [0.25, 0.3) is 5.91 Å². The van der Waals surface area contributed by atoms with Gasteiger partial charge in [-0.1, -0.05) is 0 Å². The summed E-state index contributed by atoms with van der Waals surface area (Å²) >= 11 is 0. The van der Waals surface area contributed by atoms with Crippen molar-refractivity contribution in [1.82, 2.24) is 25.2 Å². The molecule has 0 saturated heterocycles. The first-order chi connectivity index (χ1) is 16.4. The third kappa shape index (κ3) is 3.69. The summed E-state index contributed by atoms with van der Waals surface area (Å²) < 4.78 is 1.72. The fraction of sp³-hybridized carbons (Fsp3) is 0.375. The molecule has 0 unspecified atom stereocenters. The molecule has 3 aliphatic rings. The lowest BCUT2D eigenvalue weighted by Crippen LogP contribution is -2.60. The van der Waals surface area contributed by atoms with Crippen LogP contribution in [0.4, 0.5) is 10.5 Å². The monoisotopic (exact) mass is 459 g/mol. The van der Waals surface area contributed by atoms with Crippen LogP contribution in [0.25, 0.3) is 16.9 Å². The molecule has 34 heavy (non-hydrogen) atoms. The molecule has 4 N–H and O–H groups in total. The van der Waals surface area contributed by atoms with Crippen LogP contribution in [0.5, 0.6) is 0 Å². The molecule has 3 heterocycles. The largest absolute Gasteiger partial charge is 0.465 e. The highest BCUT2D eigenvalue weighted by Gasteiger charge is 2.49. The first kappa shape index (κ1) is 21.7. The van der Waals surface area contributed by atoms with E-state index in [0.717, 1.165) is 49.7 Å².